The lowest BCUT2D eigenvalue weighted by atomic mass is 9.99. The number of rotatable bonds is 16. The molecule has 1 amide bonds. The van der Waals surface area contributed by atoms with Gasteiger partial charge in [-0.3, -0.25) is 19.3 Å². The summed E-state index contributed by atoms with van der Waals surface area (Å²) in [7, 11) is -11.0. The van der Waals surface area contributed by atoms with Crippen LogP contribution in [0.3, 0.4) is 0 Å². The fourth-order valence-corrected chi connectivity index (χ4v) is 11.1. The third-order valence-corrected chi connectivity index (χ3v) is 15.9. The molecule has 2 atom stereocenters. The number of halogens is 4. The molecule has 5 aromatic rings. The number of carbonyl (C=O) groups is 1. The summed E-state index contributed by atoms with van der Waals surface area (Å²) in [6.07, 6.45) is 1.23. The van der Waals surface area contributed by atoms with Gasteiger partial charge in [0.05, 0.1) is 17.1 Å². The molecule has 0 aromatic heterocycles. The zero-order valence-corrected chi connectivity index (χ0v) is 38.1. The summed E-state index contributed by atoms with van der Waals surface area (Å²) in [5.74, 6) is -0.606. The van der Waals surface area contributed by atoms with Crippen molar-refractivity contribution in [3.05, 3.63) is 137 Å². The van der Waals surface area contributed by atoms with Crippen LogP contribution in [0.15, 0.2) is 131 Å². The number of carbonyl (C=O) groups excluding carboxylic acids is 1. The Morgan fingerprint density at radius 2 is 1.50 bits per heavy atom. The minimum atomic E-state index is -6.04. The third kappa shape index (κ3) is 12.1. The normalized spacial score (nSPS) is 17.1. The Labute approximate surface area is 381 Å². The zero-order valence-electron chi connectivity index (χ0n) is 34.8. The average molecular weight is 956 g/mol. The summed E-state index contributed by atoms with van der Waals surface area (Å²) in [5.41, 5.74) is -1.83. The van der Waals surface area contributed by atoms with E-state index in [0.29, 0.717) is 68.8 Å². The van der Waals surface area contributed by atoms with Crippen molar-refractivity contribution in [1.29, 1.82) is 0 Å². The largest absolute Gasteiger partial charge is 0.501 e. The van der Waals surface area contributed by atoms with Gasteiger partial charge in [-0.25, -0.2) is 8.42 Å². The van der Waals surface area contributed by atoms with E-state index in [-0.39, 0.29) is 17.4 Å². The monoisotopic (exact) mass is 955 g/mol. The smallest absolute Gasteiger partial charge is 0.393 e. The topological polar surface area (TPSA) is 143 Å². The van der Waals surface area contributed by atoms with Crippen molar-refractivity contribution in [3.8, 4) is 11.1 Å². The molecule has 4 N–H and O–H groups in total. The number of piperazine rings is 1. The van der Waals surface area contributed by atoms with Gasteiger partial charge in [-0.05, 0) is 103 Å². The van der Waals surface area contributed by atoms with Crippen LogP contribution >= 0.6 is 30.9 Å². The number of piperidine rings is 1. The van der Waals surface area contributed by atoms with Crippen LogP contribution in [0.5, 0.6) is 0 Å². The molecule has 18 heteroatoms. The highest BCUT2D eigenvalue weighted by molar-refractivity contribution is 7.99. The van der Waals surface area contributed by atoms with Crippen molar-refractivity contribution in [2.24, 2.45) is 0 Å². The lowest BCUT2D eigenvalue weighted by molar-refractivity contribution is -0.0435. The van der Waals surface area contributed by atoms with E-state index in [1.165, 1.54) is 29.5 Å². The van der Waals surface area contributed by atoms with Crippen LogP contribution in [0.2, 0.25) is 5.02 Å². The van der Waals surface area contributed by atoms with Crippen molar-refractivity contribution in [2.45, 2.75) is 53.3 Å². The molecule has 2 aliphatic rings. The molecule has 2 fully saturated rings. The van der Waals surface area contributed by atoms with Gasteiger partial charge in [0.25, 0.3) is 15.7 Å². The Morgan fingerprint density at radius 3 is 2.17 bits per heavy atom. The van der Waals surface area contributed by atoms with E-state index in [1.807, 2.05) is 71.8 Å². The van der Waals surface area contributed by atoms with Crippen LogP contribution in [0, 0.1) is 0 Å². The first-order valence-corrected chi connectivity index (χ1v) is 25.4. The second-order valence-corrected chi connectivity index (χ2v) is 21.3. The number of anilines is 2. The molecular weight excluding hydrogens is 906 g/mol. The molecule has 0 aliphatic carbocycles. The standard InChI is InChI=1S/C46H50ClF3N5O6PS2/c47-36-14-10-33(11-15-36)42-9-5-4-6-35(42)31-54-26-28-55(29-27-54)38-16-12-34(13-17-38)45(57)52-62(58,59)40-18-19-43(44(30-40)64(60,61)46(48,49)50)51-37(32-63-41-7-2-1-3-8-41)20-23-53-24-21-39(56)22-25-53/h1-19,30,37,39,51,56H,20-29,31-32H2,(H2,52,57,58,59)/t37-/m1/s1. The lowest BCUT2D eigenvalue weighted by Gasteiger charge is -2.36. The van der Waals surface area contributed by atoms with Gasteiger partial charge in [-0.2, -0.15) is 13.2 Å². The Bertz CT molecular complexity index is 2530. The third-order valence-electron chi connectivity index (χ3n) is 11.5. The maximum absolute atomic E-state index is 14.2. The van der Waals surface area contributed by atoms with Crippen LogP contribution in [-0.4, -0.2) is 103 Å². The van der Waals surface area contributed by atoms with Crippen molar-refractivity contribution in [1.82, 2.24) is 14.9 Å². The number of aliphatic hydroxyl groups is 1. The summed E-state index contributed by atoms with van der Waals surface area (Å²) in [4.78, 5) is 30.8. The van der Waals surface area contributed by atoms with Gasteiger partial charge in [-0.1, -0.05) is 66.2 Å². The average Bonchev–Trinajstić information content (AvgIpc) is 3.28. The summed E-state index contributed by atoms with van der Waals surface area (Å²) in [6, 6.07) is 33.9. The fourth-order valence-electron chi connectivity index (χ4n) is 7.84. The van der Waals surface area contributed by atoms with Crippen LogP contribution in [0.25, 0.3) is 11.1 Å². The molecule has 1 unspecified atom stereocenters. The molecule has 340 valence electrons. The quantitative estimate of drug-likeness (QED) is 0.0561. The van der Waals surface area contributed by atoms with E-state index in [1.54, 1.807) is 12.1 Å². The van der Waals surface area contributed by atoms with E-state index in [4.69, 9.17) is 11.6 Å². The van der Waals surface area contributed by atoms with Crippen molar-refractivity contribution in [2.75, 3.05) is 61.8 Å². The van der Waals surface area contributed by atoms with Crippen molar-refractivity contribution < 1.29 is 40.9 Å². The molecule has 0 spiro atoms. The second kappa shape index (κ2) is 20.8. The van der Waals surface area contributed by atoms with E-state index in [2.05, 4.69) is 32.1 Å². The Hall–Kier alpha value is -4.38. The first kappa shape index (κ1) is 47.6. The number of benzene rings is 5. The van der Waals surface area contributed by atoms with Gasteiger partial charge in [0.1, 0.15) is 4.90 Å². The van der Waals surface area contributed by atoms with Crippen LogP contribution < -0.4 is 20.6 Å². The zero-order chi connectivity index (χ0) is 45.5. The van der Waals surface area contributed by atoms with Crippen LogP contribution in [0.1, 0.15) is 35.2 Å². The molecule has 0 radical (unpaired) electrons. The van der Waals surface area contributed by atoms with Gasteiger partial charge in [0.15, 0.2) is 0 Å². The van der Waals surface area contributed by atoms with Gasteiger partial charge in [0.2, 0.25) is 0 Å². The molecule has 2 aliphatic heterocycles. The van der Waals surface area contributed by atoms with Crippen LogP contribution in [0.4, 0.5) is 24.5 Å². The number of hydrogen-bond acceptors (Lipinski definition) is 10. The Morgan fingerprint density at radius 1 is 0.844 bits per heavy atom. The molecule has 2 saturated heterocycles. The number of hydrogen-bond donors (Lipinski definition) is 4. The van der Waals surface area contributed by atoms with Gasteiger partial charge < -0.3 is 25.1 Å². The first-order chi connectivity index (χ1) is 30.6. The molecule has 7 rings (SSSR count). The van der Waals surface area contributed by atoms with Gasteiger partial charge >= 0.3 is 13.0 Å². The minimum Gasteiger partial charge on any atom is -0.393 e. The number of alkyl halides is 3. The molecule has 5 aromatic carbocycles. The van der Waals surface area contributed by atoms with E-state index in [9.17, 15) is 40.9 Å². The highest BCUT2D eigenvalue weighted by Crippen LogP contribution is 2.40. The Balaban J connectivity index is 1.01. The van der Waals surface area contributed by atoms with E-state index < -0.39 is 45.0 Å². The van der Waals surface area contributed by atoms with Crippen molar-refractivity contribution >= 4 is 63.3 Å². The molecule has 64 heavy (non-hydrogen) atoms. The maximum atomic E-state index is 14.2. The molecule has 0 saturated carbocycles. The molecular formula is C46H50ClF3N5O6PS2. The summed E-state index contributed by atoms with van der Waals surface area (Å²) < 4.78 is 82.4. The second-order valence-electron chi connectivity index (χ2n) is 15.9. The van der Waals surface area contributed by atoms with Gasteiger partial charge in [-0.15, -0.1) is 11.8 Å². The maximum Gasteiger partial charge on any atom is 0.501 e. The highest BCUT2D eigenvalue weighted by atomic mass is 35.5. The predicted octanol–water partition coefficient (Wildman–Crippen LogP) is 8.28. The number of likely N-dealkylation sites (tertiary alicyclic amines) is 1. The lowest BCUT2D eigenvalue weighted by Crippen LogP contribution is -2.46. The fraction of sp³-hybridized carbons (Fsp3) is 0.326. The minimum absolute atomic E-state index is 0.0267. The van der Waals surface area contributed by atoms with E-state index in [0.717, 1.165) is 53.5 Å². The van der Waals surface area contributed by atoms with Gasteiger partial charge in [0, 0.05) is 85.3 Å². The summed E-state index contributed by atoms with van der Waals surface area (Å²) >= 11 is 7.56. The predicted molar refractivity (Wildman–Crippen MR) is 248 cm³/mol. The summed E-state index contributed by atoms with van der Waals surface area (Å²) in [5, 5.41) is 15.0. The number of nitrogens with one attached hydrogen (secondary N) is 2. The number of nitrogens with zero attached hydrogens (tertiary/aromatic N) is 3. The Kier molecular flexibility index (Phi) is 15.5. The molecule has 0 bridgehead atoms. The summed E-state index contributed by atoms with van der Waals surface area (Å²) in [6.45, 7) is 5.57. The molecule has 11 nitrogen and oxygen atoms in total. The van der Waals surface area contributed by atoms with Crippen LogP contribution in [-0.2, 0) is 20.9 Å². The molecule has 2 heterocycles. The highest BCUT2D eigenvalue weighted by Gasteiger charge is 2.48. The number of sulfone groups is 1. The number of aliphatic hydroxyl groups excluding tert-OH is 1. The number of amides is 1. The number of thioether (sulfide) groups is 1. The first-order valence-electron chi connectivity index (χ1n) is 20.9. The van der Waals surface area contributed by atoms with Crippen molar-refractivity contribution in [3.63, 3.8) is 0 Å². The SMILES string of the molecule is O=C(NP(=O)(O)c1ccc(N[C@H](CCN2CCC(O)CC2)CSc2ccccc2)c(S(=O)(=O)C(F)(F)F)c1)c1ccc(N2CCN(Cc3ccccc3-c3ccc(Cl)cc3)CC2)cc1. The van der Waals surface area contributed by atoms with E-state index >= 15 is 0 Å².